The van der Waals surface area contributed by atoms with Gasteiger partial charge >= 0.3 is 5.97 Å². The molecule has 0 unspecified atom stereocenters. The molecule has 0 N–H and O–H groups in total. The highest BCUT2D eigenvalue weighted by atomic mass is 16.6. The highest BCUT2D eigenvalue weighted by molar-refractivity contribution is 5.87. The van der Waals surface area contributed by atoms with Crippen molar-refractivity contribution in [2.24, 2.45) is 5.41 Å². The summed E-state index contributed by atoms with van der Waals surface area (Å²) in [5.74, 6) is -0.286. The Morgan fingerprint density at radius 3 is 2.00 bits per heavy atom. The third kappa shape index (κ3) is 6.58. The van der Waals surface area contributed by atoms with E-state index in [0.29, 0.717) is 5.57 Å². The van der Waals surface area contributed by atoms with Crippen LogP contribution < -0.4 is 0 Å². The highest BCUT2D eigenvalue weighted by Crippen LogP contribution is 2.39. The van der Waals surface area contributed by atoms with Crippen LogP contribution in [0.5, 0.6) is 0 Å². The van der Waals surface area contributed by atoms with E-state index >= 15 is 0 Å². The third-order valence-corrected chi connectivity index (χ3v) is 4.48. The average Bonchev–Trinajstić information content (AvgIpc) is 2.32. The molecule has 0 fully saturated rings. The summed E-state index contributed by atoms with van der Waals surface area (Å²) in [6.07, 6.45) is 8.83. The van der Waals surface area contributed by atoms with Crippen LogP contribution in [-0.4, -0.2) is 11.6 Å². The van der Waals surface area contributed by atoms with E-state index in [0.717, 1.165) is 6.42 Å². The van der Waals surface area contributed by atoms with Crippen molar-refractivity contribution in [2.75, 3.05) is 0 Å². The number of carbonyl (C=O) groups excluding carboxylic acids is 1. The summed E-state index contributed by atoms with van der Waals surface area (Å²) >= 11 is 0. The topological polar surface area (TPSA) is 26.3 Å². The van der Waals surface area contributed by atoms with Crippen molar-refractivity contribution in [2.45, 2.75) is 92.1 Å². The second-order valence-corrected chi connectivity index (χ2v) is 7.08. The van der Waals surface area contributed by atoms with Crippen LogP contribution >= 0.6 is 0 Å². The van der Waals surface area contributed by atoms with Crippen LogP contribution in [0, 0.1) is 5.41 Å². The van der Waals surface area contributed by atoms with Crippen molar-refractivity contribution in [1.82, 2.24) is 0 Å². The van der Waals surface area contributed by atoms with Gasteiger partial charge in [-0.2, -0.15) is 0 Å². The summed E-state index contributed by atoms with van der Waals surface area (Å²) in [6, 6.07) is 0. The minimum absolute atomic E-state index is 0.0249. The molecular weight excluding hydrogens is 248 g/mol. The minimum atomic E-state index is -0.466. The van der Waals surface area contributed by atoms with Crippen molar-refractivity contribution in [1.29, 1.82) is 0 Å². The molecule has 0 radical (unpaired) electrons. The van der Waals surface area contributed by atoms with Gasteiger partial charge in [-0.1, -0.05) is 65.9 Å². The lowest BCUT2D eigenvalue weighted by atomic mass is 9.73. The molecule has 0 spiro atoms. The van der Waals surface area contributed by atoms with Gasteiger partial charge in [0.15, 0.2) is 0 Å². The molecule has 20 heavy (non-hydrogen) atoms. The van der Waals surface area contributed by atoms with Gasteiger partial charge in [0, 0.05) is 11.0 Å². The monoisotopic (exact) mass is 282 g/mol. The predicted octanol–water partition coefficient (Wildman–Crippen LogP) is 5.66. The number of unbranched alkanes of at least 4 members (excludes halogenated alkanes) is 5. The van der Waals surface area contributed by atoms with E-state index < -0.39 is 5.60 Å². The van der Waals surface area contributed by atoms with Gasteiger partial charge in [-0.15, -0.1) is 0 Å². The molecule has 0 aromatic heterocycles. The van der Waals surface area contributed by atoms with Crippen molar-refractivity contribution < 1.29 is 9.53 Å². The van der Waals surface area contributed by atoms with Crippen molar-refractivity contribution in [3.05, 3.63) is 12.2 Å². The number of rotatable bonds is 10. The van der Waals surface area contributed by atoms with Crippen LogP contribution in [0.25, 0.3) is 0 Å². The third-order valence-electron chi connectivity index (χ3n) is 4.48. The number of ether oxygens (including phenoxy) is 1. The Morgan fingerprint density at radius 1 is 1.00 bits per heavy atom. The summed E-state index contributed by atoms with van der Waals surface area (Å²) in [5.41, 5.74) is -0.0246. The lowest BCUT2D eigenvalue weighted by molar-refractivity contribution is -0.164. The predicted molar refractivity (Wildman–Crippen MR) is 86.8 cm³/mol. The number of hydrogen-bond acceptors (Lipinski definition) is 2. The summed E-state index contributed by atoms with van der Waals surface area (Å²) in [4.78, 5) is 11.7. The van der Waals surface area contributed by atoms with E-state index in [1.165, 1.54) is 38.5 Å². The molecule has 118 valence electrons. The fourth-order valence-electron chi connectivity index (χ4n) is 2.11. The van der Waals surface area contributed by atoms with E-state index in [4.69, 9.17) is 4.74 Å². The summed E-state index contributed by atoms with van der Waals surface area (Å²) in [7, 11) is 0. The Balaban J connectivity index is 4.24. The van der Waals surface area contributed by atoms with Gasteiger partial charge < -0.3 is 4.74 Å². The average molecular weight is 282 g/mol. The van der Waals surface area contributed by atoms with Crippen molar-refractivity contribution in [3.63, 3.8) is 0 Å². The molecule has 0 saturated carbocycles. The normalized spacial score (nSPS) is 12.3. The maximum atomic E-state index is 11.7. The Labute approximate surface area is 126 Å². The lowest BCUT2D eigenvalue weighted by Gasteiger charge is -2.41. The highest BCUT2D eigenvalue weighted by Gasteiger charge is 2.39. The summed E-state index contributed by atoms with van der Waals surface area (Å²) < 4.78 is 5.62. The first kappa shape index (κ1) is 19.2. The molecule has 0 amide bonds. The molecule has 0 aliphatic heterocycles. The van der Waals surface area contributed by atoms with Crippen molar-refractivity contribution >= 4 is 5.97 Å². The molecule has 0 atom stereocenters. The smallest absolute Gasteiger partial charge is 0.333 e. The second kappa shape index (κ2) is 8.49. The van der Waals surface area contributed by atoms with Gasteiger partial charge in [0.25, 0.3) is 0 Å². The molecule has 2 heteroatoms. The standard InChI is InChI=1S/C18H34O2/c1-8-9-10-11-12-13-14-17(4,5)18(6,7)20-16(19)15(2)3/h2,8-14H2,1,3-7H3. The van der Waals surface area contributed by atoms with Gasteiger partial charge in [0.2, 0.25) is 0 Å². The number of carbonyl (C=O) groups is 1. The van der Waals surface area contributed by atoms with Gasteiger partial charge in [0.1, 0.15) is 5.60 Å². The van der Waals surface area contributed by atoms with Gasteiger partial charge in [-0.25, -0.2) is 4.79 Å². The minimum Gasteiger partial charge on any atom is -0.456 e. The molecule has 0 aromatic carbocycles. The zero-order chi connectivity index (χ0) is 15.8. The van der Waals surface area contributed by atoms with Gasteiger partial charge in [0.05, 0.1) is 0 Å². The van der Waals surface area contributed by atoms with Crippen LogP contribution in [-0.2, 0) is 9.53 Å². The quantitative estimate of drug-likeness (QED) is 0.293. The zero-order valence-electron chi connectivity index (χ0n) is 14.5. The first-order valence-electron chi connectivity index (χ1n) is 8.03. The van der Waals surface area contributed by atoms with Gasteiger partial charge in [-0.3, -0.25) is 0 Å². The molecule has 0 saturated heterocycles. The molecular formula is C18H34O2. The largest absolute Gasteiger partial charge is 0.456 e. The van der Waals surface area contributed by atoms with Crippen molar-refractivity contribution in [3.8, 4) is 0 Å². The molecule has 2 nitrogen and oxygen atoms in total. The number of esters is 1. The summed E-state index contributed by atoms with van der Waals surface area (Å²) in [6.45, 7) is 16.0. The second-order valence-electron chi connectivity index (χ2n) is 7.08. The molecule has 0 aliphatic rings. The molecule has 0 heterocycles. The van der Waals surface area contributed by atoms with E-state index in [1.807, 2.05) is 13.8 Å². The van der Waals surface area contributed by atoms with Crippen LogP contribution in [0.1, 0.15) is 86.5 Å². The van der Waals surface area contributed by atoms with Crippen LogP contribution in [0.4, 0.5) is 0 Å². The fraction of sp³-hybridized carbons (Fsp3) is 0.833. The molecule has 0 bridgehead atoms. The van der Waals surface area contributed by atoms with Crippen LogP contribution in [0.15, 0.2) is 12.2 Å². The Bertz CT molecular complexity index is 313. The molecule has 0 aromatic rings. The van der Waals surface area contributed by atoms with Crippen LogP contribution in [0.3, 0.4) is 0 Å². The van der Waals surface area contributed by atoms with E-state index in [-0.39, 0.29) is 11.4 Å². The first-order valence-corrected chi connectivity index (χ1v) is 8.03. The van der Waals surface area contributed by atoms with E-state index in [2.05, 4.69) is 27.4 Å². The maximum absolute atomic E-state index is 11.7. The summed E-state index contributed by atoms with van der Waals surface area (Å²) in [5, 5.41) is 0. The Kier molecular flexibility index (Phi) is 8.15. The van der Waals surface area contributed by atoms with E-state index in [1.54, 1.807) is 6.92 Å². The molecule has 0 rings (SSSR count). The SMILES string of the molecule is C=C(C)C(=O)OC(C)(C)C(C)(C)CCCCCCCC. The zero-order valence-corrected chi connectivity index (χ0v) is 14.5. The number of hydrogen-bond donors (Lipinski definition) is 0. The van der Waals surface area contributed by atoms with Crippen LogP contribution in [0.2, 0.25) is 0 Å². The Morgan fingerprint density at radius 2 is 1.50 bits per heavy atom. The fourth-order valence-corrected chi connectivity index (χ4v) is 2.11. The van der Waals surface area contributed by atoms with E-state index in [9.17, 15) is 4.79 Å². The maximum Gasteiger partial charge on any atom is 0.333 e. The molecule has 0 aliphatic carbocycles. The van der Waals surface area contributed by atoms with Gasteiger partial charge in [-0.05, 0) is 27.2 Å². The Hall–Kier alpha value is -0.790. The first-order chi connectivity index (χ1) is 9.14. The lowest BCUT2D eigenvalue weighted by Crippen LogP contribution is -2.43.